The van der Waals surface area contributed by atoms with Crippen LogP contribution in [0.5, 0.6) is 0 Å². The summed E-state index contributed by atoms with van der Waals surface area (Å²) in [5.74, 6) is -0.597. The van der Waals surface area contributed by atoms with Crippen molar-refractivity contribution >= 4 is 28.8 Å². The normalized spacial score (nSPS) is 24.0. The average molecular weight is 231 g/mol. The van der Waals surface area contributed by atoms with Crippen molar-refractivity contribution in [1.82, 2.24) is 5.32 Å². The highest BCUT2D eigenvalue weighted by Crippen LogP contribution is 2.28. The van der Waals surface area contributed by atoms with Crippen LogP contribution in [0.2, 0.25) is 0 Å². The molecule has 5 nitrogen and oxygen atoms in total. The Bertz CT molecular complexity index is 292. The Balaban J connectivity index is 2.27. The lowest BCUT2D eigenvalue weighted by molar-refractivity contribution is -0.143. The molecule has 2 unspecified atom stereocenters. The molecule has 0 aromatic heterocycles. The molecule has 0 radical (unpaired) electrons. The van der Waals surface area contributed by atoms with Crippen molar-refractivity contribution in [2.24, 2.45) is 5.92 Å². The number of β-lactam (4-membered cyclic amide) rings is 1. The summed E-state index contributed by atoms with van der Waals surface area (Å²) >= 11 is 1.02. The van der Waals surface area contributed by atoms with E-state index >= 15 is 0 Å². The Morgan fingerprint density at radius 2 is 2.20 bits per heavy atom. The molecular weight excluding hydrogens is 218 g/mol. The number of ether oxygens (including phenoxy) is 1. The Morgan fingerprint density at radius 1 is 1.53 bits per heavy atom. The molecule has 0 bridgehead atoms. The van der Waals surface area contributed by atoms with E-state index in [1.807, 2.05) is 6.92 Å². The number of nitrogens with one attached hydrogen (secondary N) is 1. The van der Waals surface area contributed by atoms with Crippen molar-refractivity contribution in [2.45, 2.75) is 25.6 Å². The highest BCUT2D eigenvalue weighted by atomic mass is 32.2. The standard InChI is InChI=1S/C9H13NO4S/c1-3-6-8(13)10-9(6)15-7(12)4-14-5(2)11/h6,9H,3-4H2,1-2H3,(H,10,13). The van der Waals surface area contributed by atoms with E-state index in [0.29, 0.717) is 6.42 Å². The molecule has 2 atom stereocenters. The molecule has 1 aliphatic heterocycles. The summed E-state index contributed by atoms with van der Waals surface area (Å²) in [5.41, 5.74) is 0. The smallest absolute Gasteiger partial charge is 0.303 e. The maximum Gasteiger partial charge on any atom is 0.303 e. The molecule has 1 heterocycles. The topological polar surface area (TPSA) is 72.5 Å². The first kappa shape index (κ1) is 12.0. The number of rotatable bonds is 4. The molecular formula is C9H13NO4S. The number of carbonyl (C=O) groups excluding carboxylic acids is 3. The van der Waals surface area contributed by atoms with E-state index in [-0.39, 0.29) is 28.9 Å². The predicted molar refractivity (Wildman–Crippen MR) is 54.9 cm³/mol. The van der Waals surface area contributed by atoms with Crippen LogP contribution < -0.4 is 5.32 Å². The van der Waals surface area contributed by atoms with E-state index in [0.717, 1.165) is 11.8 Å². The Labute approximate surface area is 91.9 Å². The molecule has 1 amide bonds. The number of hydrogen-bond donors (Lipinski definition) is 1. The third-order valence-electron chi connectivity index (χ3n) is 2.08. The second kappa shape index (κ2) is 5.16. The van der Waals surface area contributed by atoms with Gasteiger partial charge < -0.3 is 10.1 Å². The highest BCUT2D eigenvalue weighted by Gasteiger charge is 2.39. The number of thioether (sulfide) groups is 1. The van der Waals surface area contributed by atoms with Gasteiger partial charge in [0, 0.05) is 6.92 Å². The molecule has 15 heavy (non-hydrogen) atoms. The van der Waals surface area contributed by atoms with Crippen LogP contribution in [-0.4, -0.2) is 29.0 Å². The minimum absolute atomic E-state index is 0.0183. The number of esters is 1. The zero-order valence-corrected chi connectivity index (χ0v) is 9.43. The van der Waals surface area contributed by atoms with Crippen molar-refractivity contribution in [3.8, 4) is 0 Å². The monoisotopic (exact) mass is 231 g/mol. The fourth-order valence-electron chi connectivity index (χ4n) is 1.24. The summed E-state index contributed by atoms with van der Waals surface area (Å²) in [6.45, 7) is 2.91. The van der Waals surface area contributed by atoms with E-state index in [1.165, 1.54) is 6.92 Å². The minimum atomic E-state index is -0.478. The Hall–Kier alpha value is -1.04. The first-order chi connectivity index (χ1) is 7.04. The summed E-state index contributed by atoms with van der Waals surface area (Å²) in [6, 6.07) is 0. The van der Waals surface area contributed by atoms with Crippen LogP contribution >= 0.6 is 11.8 Å². The van der Waals surface area contributed by atoms with Gasteiger partial charge in [-0.25, -0.2) is 0 Å². The SMILES string of the molecule is CCC1C(=O)NC1SC(=O)COC(C)=O. The summed E-state index contributed by atoms with van der Waals surface area (Å²) in [4.78, 5) is 32.7. The van der Waals surface area contributed by atoms with Crippen LogP contribution in [0, 0.1) is 5.92 Å². The van der Waals surface area contributed by atoms with Gasteiger partial charge in [-0.1, -0.05) is 18.7 Å². The van der Waals surface area contributed by atoms with E-state index in [9.17, 15) is 14.4 Å². The summed E-state index contributed by atoms with van der Waals surface area (Å²) in [7, 11) is 0. The van der Waals surface area contributed by atoms with E-state index < -0.39 is 5.97 Å². The number of carbonyl (C=O) groups is 3. The van der Waals surface area contributed by atoms with Gasteiger partial charge in [-0.2, -0.15) is 0 Å². The Kier molecular flexibility index (Phi) is 4.14. The van der Waals surface area contributed by atoms with Crippen LogP contribution in [0.4, 0.5) is 0 Å². The van der Waals surface area contributed by atoms with Crippen LogP contribution in [0.15, 0.2) is 0 Å². The first-order valence-corrected chi connectivity index (χ1v) is 5.55. The van der Waals surface area contributed by atoms with Gasteiger partial charge in [0.05, 0.1) is 11.3 Å². The fraction of sp³-hybridized carbons (Fsp3) is 0.667. The van der Waals surface area contributed by atoms with Gasteiger partial charge in [0.1, 0.15) is 0 Å². The maximum absolute atomic E-state index is 11.3. The highest BCUT2D eigenvalue weighted by molar-refractivity contribution is 8.14. The molecule has 1 aliphatic rings. The largest absolute Gasteiger partial charge is 0.457 e. The molecule has 0 spiro atoms. The van der Waals surface area contributed by atoms with Crippen molar-refractivity contribution in [3.05, 3.63) is 0 Å². The third kappa shape index (κ3) is 3.23. The van der Waals surface area contributed by atoms with Crippen LogP contribution in [0.3, 0.4) is 0 Å². The lowest BCUT2D eigenvalue weighted by Gasteiger charge is -2.34. The number of hydrogen-bond acceptors (Lipinski definition) is 5. The second-order valence-electron chi connectivity index (χ2n) is 3.21. The summed E-state index contributed by atoms with van der Waals surface area (Å²) in [6.07, 6.45) is 0.713. The third-order valence-corrected chi connectivity index (χ3v) is 3.16. The molecule has 1 fully saturated rings. The molecule has 1 N–H and O–H groups in total. The minimum Gasteiger partial charge on any atom is -0.457 e. The predicted octanol–water partition coefficient (Wildman–Crippen LogP) is 0.291. The number of amides is 1. The van der Waals surface area contributed by atoms with E-state index in [4.69, 9.17) is 0 Å². The molecule has 84 valence electrons. The summed E-state index contributed by atoms with van der Waals surface area (Å²) < 4.78 is 4.55. The van der Waals surface area contributed by atoms with Crippen molar-refractivity contribution < 1.29 is 19.1 Å². The van der Waals surface area contributed by atoms with Crippen molar-refractivity contribution in [1.29, 1.82) is 0 Å². The quantitative estimate of drug-likeness (QED) is 0.556. The fourth-order valence-corrected chi connectivity index (χ4v) is 2.30. The first-order valence-electron chi connectivity index (χ1n) is 4.67. The van der Waals surface area contributed by atoms with Gasteiger partial charge >= 0.3 is 5.97 Å². The summed E-state index contributed by atoms with van der Waals surface area (Å²) in [5, 5.41) is 2.22. The van der Waals surface area contributed by atoms with Crippen LogP contribution in [0.1, 0.15) is 20.3 Å². The van der Waals surface area contributed by atoms with Crippen LogP contribution in [-0.2, 0) is 19.1 Å². The van der Waals surface area contributed by atoms with Gasteiger partial charge in [-0.15, -0.1) is 0 Å². The van der Waals surface area contributed by atoms with Gasteiger partial charge in [0.2, 0.25) is 11.0 Å². The lowest BCUT2D eigenvalue weighted by atomic mass is 9.99. The molecule has 6 heteroatoms. The molecule has 0 saturated carbocycles. The van der Waals surface area contributed by atoms with Crippen LogP contribution in [0.25, 0.3) is 0 Å². The van der Waals surface area contributed by atoms with Gasteiger partial charge in [0.15, 0.2) is 6.61 Å². The zero-order valence-electron chi connectivity index (χ0n) is 8.61. The second-order valence-corrected chi connectivity index (χ2v) is 4.41. The van der Waals surface area contributed by atoms with Crippen molar-refractivity contribution in [3.63, 3.8) is 0 Å². The zero-order chi connectivity index (χ0) is 11.4. The average Bonchev–Trinajstić information content (AvgIpc) is 2.14. The van der Waals surface area contributed by atoms with Gasteiger partial charge in [0.25, 0.3) is 0 Å². The molecule has 0 aromatic carbocycles. The molecule has 1 saturated heterocycles. The van der Waals surface area contributed by atoms with E-state index in [2.05, 4.69) is 10.1 Å². The van der Waals surface area contributed by atoms with Crippen molar-refractivity contribution in [2.75, 3.05) is 6.61 Å². The van der Waals surface area contributed by atoms with Gasteiger partial charge in [-0.3, -0.25) is 14.4 Å². The molecule has 0 aliphatic carbocycles. The van der Waals surface area contributed by atoms with Gasteiger partial charge in [-0.05, 0) is 6.42 Å². The molecule has 0 aromatic rings. The lowest BCUT2D eigenvalue weighted by Crippen LogP contribution is -2.56. The molecule has 1 rings (SSSR count). The Morgan fingerprint density at radius 3 is 2.67 bits per heavy atom. The van der Waals surface area contributed by atoms with E-state index in [1.54, 1.807) is 0 Å². The maximum atomic E-state index is 11.3.